The molecule has 0 saturated heterocycles. The van der Waals surface area contributed by atoms with Crippen LogP contribution in [0.4, 0.5) is 10.5 Å². The third kappa shape index (κ3) is 5.06. The van der Waals surface area contributed by atoms with Crippen LogP contribution in [0.2, 0.25) is 0 Å². The van der Waals surface area contributed by atoms with Crippen molar-refractivity contribution in [1.82, 2.24) is 5.32 Å². The molecule has 28 heavy (non-hydrogen) atoms. The van der Waals surface area contributed by atoms with Gasteiger partial charge in [0, 0.05) is 6.54 Å². The van der Waals surface area contributed by atoms with Crippen molar-refractivity contribution < 1.29 is 28.5 Å². The maximum Gasteiger partial charge on any atom is 0.340 e. The molecule has 2 rings (SSSR count). The number of anilines is 1. The summed E-state index contributed by atoms with van der Waals surface area (Å²) in [7, 11) is 4.56. The third-order valence-corrected chi connectivity index (χ3v) is 3.85. The summed E-state index contributed by atoms with van der Waals surface area (Å²) in [5.74, 6) is 0.961. The summed E-state index contributed by atoms with van der Waals surface area (Å²) in [6.45, 7) is 2.18. The summed E-state index contributed by atoms with van der Waals surface area (Å²) < 4.78 is 20.9. The molecule has 2 amide bonds. The van der Waals surface area contributed by atoms with E-state index in [0.29, 0.717) is 22.9 Å². The SMILES string of the molecule is CCOC(=O)c1ccccc1NC(=O)NCc1cc(OC)c(OC)c(OC)c1. The molecule has 2 aromatic rings. The van der Waals surface area contributed by atoms with Gasteiger partial charge >= 0.3 is 12.0 Å². The topological polar surface area (TPSA) is 95.1 Å². The number of ether oxygens (including phenoxy) is 4. The van der Waals surface area contributed by atoms with E-state index in [1.165, 1.54) is 21.3 Å². The normalized spacial score (nSPS) is 10.0. The highest BCUT2D eigenvalue weighted by molar-refractivity contribution is 6.00. The van der Waals surface area contributed by atoms with E-state index in [1.54, 1.807) is 43.3 Å². The fourth-order valence-corrected chi connectivity index (χ4v) is 2.57. The van der Waals surface area contributed by atoms with Crippen molar-refractivity contribution >= 4 is 17.7 Å². The minimum atomic E-state index is -0.497. The first-order chi connectivity index (χ1) is 13.5. The molecule has 0 unspecified atom stereocenters. The zero-order valence-corrected chi connectivity index (χ0v) is 16.3. The Labute approximate surface area is 163 Å². The Kier molecular flexibility index (Phi) is 7.50. The van der Waals surface area contributed by atoms with E-state index in [0.717, 1.165) is 5.56 Å². The van der Waals surface area contributed by atoms with Crippen molar-refractivity contribution in [3.8, 4) is 17.2 Å². The van der Waals surface area contributed by atoms with Gasteiger partial charge < -0.3 is 29.6 Å². The minimum Gasteiger partial charge on any atom is -0.493 e. The van der Waals surface area contributed by atoms with Crippen LogP contribution in [0.5, 0.6) is 17.2 Å². The van der Waals surface area contributed by atoms with E-state index >= 15 is 0 Å². The number of rotatable bonds is 8. The van der Waals surface area contributed by atoms with Gasteiger partial charge in [-0.2, -0.15) is 0 Å². The highest BCUT2D eigenvalue weighted by Gasteiger charge is 2.15. The number of methoxy groups -OCH3 is 3. The molecule has 2 aromatic carbocycles. The second-order valence-electron chi connectivity index (χ2n) is 5.61. The van der Waals surface area contributed by atoms with E-state index < -0.39 is 12.0 Å². The lowest BCUT2D eigenvalue weighted by atomic mass is 10.1. The monoisotopic (exact) mass is 388 g/mol. The number of hydrogen-bond acceptors (Lipinski definition) is 6. The number of para-hydroxylation sites is 1. The zero-order valence-electron chi connectivity index (χ0n) is 16.3. The molecule has 0 bridgehead atoms. The van der Waals surface area contributed by atoms with E-state index in [2.05, 4.69) is 10.6 Å². The van der Waals surface area contributed by atoms with Gasteiger partial charge in [0.2, 0.25) is 5.75 Å². The summed E-state index contributed by atoms with van der Waals surface area (Å²) in [4.78, 5) is 24.3. The maximum absolute atomic E-state index is 12.3. The van der Waals surface area contributed by atoms with Crippen molar-refractivity contribution in [3.63, 3.8) is 0 Å². The van der Waals surface area contributed by atoms with E-state index in [9.17, 15) is 9.59 Å². The number of nitrogens with one attached hydrogen (secondary N) is 2. The molecular formula is C20H24N2O6. The van der Waals surface area contributed by atoms with Gasteiger partial charge in [-0.25, -0.2) is 9.59 Å². The fraction of sp³-hybridized carbons (Fsp3) is 0.300. The summed E-state index contributed by atoms with van der Waals surface area (Å²) in [5, 5.41) is 5.39. The Morgan fingerprint density at radius 3 is 2.18 bits per heavy atom. The Balaban J connectivity index is 2.09. The van der Waals surface area contributed by atoms with Crippen molar-refractivity contribution in [1.29, 1.82) is 0 Å². The highest BCUT2D eigenvalue weighted by Crippen LogP contribution is 2.38. The van der Waals surface area contributed by atoms with Crippen LogP contribution in [-0.2, 0) is 11.3 Å². The Morgan fingerprint density at radius 2 is 1.61 bits per heavy atom. The molecule has 0 aliphatic carbocycles. The van der Waals surface area contributed by atoms with Crippen LogP contribution in [0.1, 0.15) is 22.8 Å². The highest BCUT2D eigenvalue weighted by atomic mass is 16.5. The zero-order chi connectivity index (χ0) is 20.5. The molecular weight excluding hydrogens is 364 g/mol. The molecule has 0 fully saturated rings. The van der Waals surface area contributed by atoms with Crippen molar-refractivity contribution in [2.75, 3.05) is 33.3 Å². The van der Waals surface area contributed by atoms with Crippen molar-refractivity contribution in [2.45, 2.75) is 13.5 Å². The van der Waals surface area contributed by atoms with Gasteiger partial charge in [0.15, 0.2) is 11.5 Å². The lowest BCUT2D eigenvalue weighted by molar-refractivity contribution is 0.0527. The minimum absolute atomic E-state index is 0.212. The van der Waals surface area contributed by atoms with Crippen molar-refractivity contribution in [3.05, 3.63) is 47.5 Å². The molecule has 0 atom stereocenters. The Bertz CT molecular complexity index is 812. The first kappa shape index (κ1) is 20.9. The molecule has 0 radical (unpaired) electrons. The van der Waals surface area contributed by atoms with Crippen LogP contribution in [0.15, 0.2) is 36.4 Å². The molecule has 0 aliphatic rings. The second kappa shape index (κ2) is 10.1. The van der Waals surface area contributed by atoms with Gasteiger partial charge in [0.1, 0.15) is 0 Å². The molecule has 150 valence electrons. The van der Waals surface area contributed by atoms with Gasteiger partial charge in [0.25, 0.3) is 0 Å². The first-order valence-corrected chi connectivity index (χ1v) is 8.63. The number of carbonyl (C=O) groups is 2. The standard InChI is InChI=1S/C20H24N2O6/c1-5-28-19(23)14-8-6-7-9-15(14)22-20(24)21-12-13-10-16(25-2)18(27-4)17(11-13)26-3/h6-11H,5,12H2,1-4H3,(H2,21,22,24). The van der Waals surface area contributed by atoms with Crippen LogP contribution in [0, 0.1) is 0 Å². The van der Waals surface area contributed by atoms with Crippen LogP contribution in [0.25, 0.3) is 0 Å². The summed E-state index contributed by atoms with van der Waals surface area (Å²) in [6, 6.07) is 9.66. The molecule has 0 aliphatic heterocycles. The van der Waals surface area contributed by atoms with E-state index in [-0.39, 0.29) is 18.7 Å². The maximum atomic E-state index is 12.3. The van der Waals surface area contributed by atoms with Crippen molar-refractivity contribution in [2.24, 2.45) is 0 Å². The fourth-order valence-electron chi connectivity index (χ4n) is 2.57. The largest absolute Gasteiger partial charge is 0.493 e. The number of carbonyl (C=O) groups excluding carboxylic acids is 2. The van der Waals surface area contributed by atoms with Gasteiger partial charge in [-0.15, -0.1) is 0 Å². The molecule has 0 spiro atoms. The number of benzene rings is 2. The van der Waals surface area contributed by atoms with Crippen LogP contribution in [0.3, 0.4) is 0 Å². The van der Waals surface area contributed by atoms with Gasteiger partial charge in [-0.3, -0.25) is 0 Å². The Morgan fingerprint density at radius 1 is 0.964 bits per heavy atom. The predicted octanol–water partition coefficient (Wildman–Crippen LogP) is 3.21. The molecule has 0 heterocycles. The Hall–Kier alpha value is -3.42. The smallest absolute Gasteiger partial charge is 0.340 e. The number of amides is 2. The molecule has 0 aromatic heterocycles. The number of hydrogen-bond donors (Lipinski definition) is 2. The first-order valence-electron chi connectivity index (χ1n) is 8.63. The van der Waals surface area contributed by atoms with Crippen LogP contribution >= 0.6 is 0 Å². The van der Waals surface area contributed by atoms with Gasteiger partial charge in [-0.05, 0) is 36.8 Å². The molecule has 8 nitrogen and oxygen atoms in total. The quantitative estimate of drug-likeness (QED) is 0.675. The molecule has 8 heteroatoms. The summed E-state index contributed by atoms with van der Waals surface area (Å²) in [6.07, 6.45) is 0. The van der Waals surface area contributed by atoms with Crippen LogP contribution < -0.4 is 24.8 Å². The molecule has 2 N–H and O–H groups in total. The van der Waals surface area contributed by atoms with Gasteiger partial charge in [0.05, 0.1) is 39.2 Å². The third-order valence-electron chi connectivity index (χ3n) is 3.85. The summed E-state index contributed by atoms with van der Waals surface area (Å²) in [5.41, 5.74) is 1.40. The molecule has 0 saturated carbocycles. The summed E-state index contributed by atoms with van der Waals surface area (Å²) >= 11 is 0. The van der Waals surface area contributed by atoms with E-state index in [1.807, 2.05) is 0 Å². The van der Waals surface area contributed by atoms with E-state index in [4.69, 9.17) is 18.9 Å². The lowest BCUT2D eigenvalue weighted by Crippen LogP contribution is -2.29. The average molecular weight is 388 g/mol. The average Bonchev–Trinajstić information content (AvgIpc) is 2.71. The number of urea groups is 1. The lowest BCUT2D eigenvalue weighted by Gasteiger charge is -2.15. The van der Waals surface area contributed by atoms with Gasteiger partial charge in [-0.1, -0.05) is 12.1 Å². The second-order valence-corrected chi connectivity index (χ2v) is 5.61. The predicted molar refractivity (Wildman–Crippen MR) is 104 cm³/mol. The van der Waals surface area contributed by atoms with Crippen LogP contribution in [-0.4, -0.2) is 39.9 Å². The number of esters is 1.